The van der Waals surface area contributed by atoms with E-state index in [1.165, 1.54) is 66.5 Å². The number of fused-ring (bicyclic) bond motifs is 6. The zero-order valence-electron chi connectivity index (χ0n) is 18.0. The van der Waals surface area contributed by atoms with E-state index < -0.39 is 0 Å². The van der Waals surface area contributed by atoms with Gasteiger partial charge in [0.25, 0.3) is 0 Å². The fraction of sp³-hybridized carbons (Fsp3) is 0.179. The van der Waals surface area contributed by atoms with Gasteiger partial charge in [-0.1, -0.05) is 18.2 Å². The minimum atomic E-state index is 0.995. The van der Waals surface area contributed by atoms with Crippen molar-refractivity contribution < 1.29 is 4.57 Å². The lowest BCUT2D eigenvalue weighted by molar-refractivity contribution is -0.660. The van der Waals surface area contributed by atoms with E-state index in [0.29, 0.717) is 0 Å². The van der Waals surface area contributed by atoms with Gasteiger partial charge < -0.3 is 4.40 Å². The zero-order valence-corrected chi connectivity index (χ0v) is 18.0. The maximum atomic E-state index is 2.42. The standard InChI is InChI=1S/C28H25N2/c1-17-8-9-22-23-14-21-16-30-10-6-5-7-26(30)24(21)12-20(23)13-25(22)28(17)27-11-18(2)19(3)15-29(27)4/h5-12,14-16H,13H2,1-4H3/q+1. The molecule has 6 rings (SSSR count). The lowest BCUT2D eigenvalue weighted by Crippen LogP contribution is -2.32. The van der Waals surface area contributed by atoms with Crippen LogP contribution in [0.15, 0.2) is 67.1 Å². The average Bonchev–Trinajstić information content (AvgIpc) is 3.26. The van der Waals surface area contributed by atoms with Gasteiger partial charge in [0.1, 0.15) is 7.05 Å². The van der Waals surface area contributed by atoms with E-state index in [-0.39, 0.29) is 0 Å². The van der Waals surface area contributed by atoms with E-state index in [2.05, 4.69) is 104 Å². The second-order valence-electron chi connectivity index (χ2n) is 8.81. The summed E-state index contributed by atoms with van der Waals surface area (Å²) >= 11 is 0. The molecule has 146 valence electrons. The average molecular weight is 390 g/mol. The molecule has 3 aromatic heterocycles. The molecule has 5 aromatic rings. The predicted molar refractivity (Wildman–Crippen MR) is 124 cm³/mol. The Kier molecular flexibility index (Phi) is 3.53. The molecule has 0 atom stereocenters. The van der Waals surface area contributed by atoms with Crippen LogP contribution < -0.4 is 4.57 Å². The molecular formula is C28H25N2+. The molecule has 0 bridgehead atoms. The van der Waals surface area contributed by atoms with Crippen molar-refractivity contribution in [3.8, 4) is 22.4 Å². The van der Waals surface area contributed by atoms with Crippen molar-refractivity contribution in [3.05, 3.63) is 94.9 Å². The lowest BCUT2D eigenvalue weighted by Gasteiger charge is -2.12. The van der Waals surface area contributed by atoms with Crippen molar-refractivity contribution in [3.63, 3.8) is 0 Å². The van der Waals surface area contributed by atoms with Crippen LogP contribution in [0.25, 0.3) is 38.7 Å². The van der Waals surface area contributed by atoms with E-state index >= 15 is 0 Å². The second kappa shape index (κ2) is 6.06. The molecule has 1 aliphatic rings. The molecule has 3 heterocycles. The maximum Gasteiger partial charge on any atom is 0.213 e. The fourth-order valence-corrected chi connectivity index (χ4v) is 5.21. The van der Waals surface area contributed by atoms with Gasteiger partial charge in [-0.05, 0) is 84.8 Å². The molecule has 0 saturated carbocycles. The Morgan fingerprint density at radius 3 is 2.60 bits per heavy atom. The summed E-state index contributed by atoms with van der Waals surface area (Å²) < 4.78 is 4.52. The van der Waals surface area contributed by atoms with Crippen molar-refractivity contribution >= 4 is 16.3 Å². The molecule has 0 radical (unpaired) electrons. The Bertz CT molecular complexity index is 1500. The van der Waals surface area contributed by atoms with Gasteiger partial charge in [0.15, 0.2) is 6.20 Å². The third-order valence-electron chi connectivity index (χ3n) is 6.90. The minimum Gasteiger partial charge on any atom is -0.323 e. The van der Waals surface area contributed by atoms with Crippen LogP contribution in [0.3, 0.4) is 0 Å². The molecule has 2 heteroatoms. The normalized spacial score (nSPS) is 12.5. The molecule has 0 saturated heterocycles. The molecule has 2 aromatic carbocycles. The number of rotatable bonds is 1. The first-order chi connectivity index (χ1) is 14.5. The number of nitrogens with zero attached hydrogens (tertiary/aromatic N) is 2. The molecular weight excluding hydrogens is 364 g/mol. The Hall–Kier alpha value is -3.39. The van der Waals surface area contributed by atoms with E-state index in [0.717, 1.165) is 6.42 Å². The summed E-state index contributed by atoms with van der Waals surface area (Å²) in [5, 5.41) is 2.66. The SMILES string of the molecule is Cc1cc(-c2c(C)ccc3c2Cc2cc4c(cc2-3)cn2ccccc42)[n+](C)cc1C. The van der Waals surface area contributed by atoms with Gasteiger partial charge in [0.05, 0.1) is 11.1 Å². The van der Waals surface area contributed by atoms with E-state index in [1.54, 1.807) is 0 Å². The van der Waals surface area contributed by atoms with Gasteiger partial charge in [-0.2, -0.15) is 0 Å². The first kappa shape index (κ1) is 17.5. The van der Waals surface area contributed by atoms with Gasteiger partial charge in [-0.25, -0.2) is 4.57 Å². The van der Waals surface area contributed by atoms with Gasteiger partial charge in [0.2, 0.25) is 5.69 Å². The topological polar surface area (TPSA) is 8.29 Å². The molecule has 30 heavy (non-hydrogen) atoms. The van der Waals surface area contributed by atoms with Gasteiger partial charge in [-0.15, -0.1) is 0 Å². The summed E-state index contributed by atoms with van der Waals surface area (Å²) in [5.74, 6) is 0. The molecule has 2 nitrogen and oxygen atoms in total. The third-order valence-corrected chi connectivity index (χ3v) is 6.90. The Morgan fingerprint density at radius 1 is 0.867 bits per heavy atom. The highest BCUT2D eigenvalue weighted by molar-refractivity contribution is 6.02. The predicted octanol–water partition coefficient (Wildman–Crippen LogP) is 6.08. The van der Waals surface area contributed by atoms with Crippen molar-refractivity contribution in [2.24, 2.45) is 7.05 Å². The Balaban J connectivity index is 1.61. The number of aryl methyl sites for hydroxylation is 4. The summed E-state index contributed by atoms with van der Waals surface area (Å²) in [7, 11) is 2.17. The molecule has 0 unspecified atom stereocenters. The van der Waals surface area contributed by atoms with Crippen molar-refractivity contribution in [1.82, 2.24) is 4.40 Å². The quantitative estimate of drug-likeness (QED) is 0.301. The lowest BCUT2D eigenvalue weighted by atomic mass is 9.93. The van der Waals surface area contributed by atoms with Crippen molar-refractivity contribution in [1.29, 1.82) is 0 Å². The van der Waals surface area contributed by atoms with Crippen molar-refractivity contribution in [2.45, 2.75) is 27.2 Å². The molecule has 0 aliphatic heterocycles. The van der Waals surface area contributed by atoms with Crippen LogP contribution in [0.4, 0.5) is 0 Å². The smallest absolute Gasteiger partial charge is 0.213 e. The van der Waals surface area contributed by atoms with Gasteiger partial charge in [0, 0.05) is 34.8 Å². The number of hydrogen-bond acceptors (Lipinski definition) is 0. The van der Waals surface area contributed by atoms with Crippen LogP contribution >= 0.6 is 0 Å². The first-order valence-electron chi connectivity index (χ1n) is 10.6. The minimum absolute atomic E-state index is 0.995. The Labute approximate surface area is 177 Å². The highest BCUT2D eigenvalue weighted by atomic mass is 14.9. The van der Waals surface area contributed by atoms with Crippen LogP contribution in [-0.4, -0.2) is 4.40 Å². The van der Waals surface area contributed by atoms with Crippen LogP contribution in [0.5, 0.6) is 0 Å². The number of pyridine rings is 2. The summed E-state index contributed by atoms with van der Waals surface area (Å²) in [6.45, 7) is 6.64. The highest BCUT2D eigenvalue weighted by Crippen LogP contribution is 2.44. The third kappa shape index (κ3) is 2.34. The number of benzene rings is 2. The van der Waals surface area contributed by atoms with Crippen LogP contribution in [0.1, 0.15) is 27.8 Å². The first-order valence-corrected chi connectivity index (χ1v) is 10.6. The molecule has 0 fully saturated rings. The largest absolute Gasteiger partial charge is 0.323 e. The van der Waals surface area contributed by atoms with E-state index in [1.807, 2.05) is 0 Å². The van der Waals surface area contributed by atoms with E-state index in [9.17, 15) is 0 Å². The molecule has 0 amide bonds. The van der Waals surface area contributed by atoms with Crippen LogP contribution in [0, 0.1) is 20.8 Å². The highest BCUT2D eigenvalue weighted by Gasteiger charge is 2.27. The second-order valence-corrected chi connectivity index (χ2v) is 8.81. The van der Waals surface area contributed by atoms with Crippen LogP contribution in [0.2, 0.25) is 0 Å². The van der Waals surface area contributed by atoms with Gasteiger partial charge in [-0.3, -0.25) is 0 Å². The summed E-state index contributed by atoms with van der Waals surface area (Å²) in [6, 6.07) is 18.2. The molecule has 0 N–H and O–H groups in total. The molecule has 0 spiro atoms. The van der Waals surface area contributed by atoms with Crippen molar-refractivity contribution in [2.75, 3.05) is 0 Å². The van der Waals surface area contributed by atoms with E-state index in [4.69, 9.17) is 0 Å². The fourth-order valence-electron chi connectivity index (χ4n) is 5.21. The van der Waals surface area contributed by atoms with Gasteiger partial charge >= 0.3 is 0 Å². The summed E-state index contributed by atoms with van der Waals surface area (Å²) in [5.41, 5.74) is 13.7. The zero-order chi connectivity index (χ0) is 20.6. The Morgan fingerprint density at radius 2 is 1.73 bits per heavy atom. The summed E-state index contributed by atoms with van der Waals surface area (Å²) in [6.07, 6.45) is 7.63. The maximum absolute atomic E-state index is 2.42. The number of aromatic nitrogens is 2. The number of hydrogen-bond donors (Lipinski definition) is 0. The summed E-state index contributed by atoms with van der Waals surface area (Å²) in [4.78, 5) is 0. The monoisotopic (exact) mass is 389 g/mol. The molecule has 1 aliphatic carbocycles. The van der Waals surface area contributed by atoms with Crippen LogP contribution in [-0.2, 0) is 13.5 Å².